The van der Waals surface area contributed by atoms with Crippen LogP contribution in [-0.4, -0.2) is 6.10 Å². The molecule has 94 valence electrons. The van der Waals surface area contributed by atoms with E-state index in [0.717, 1.165) is 6.42 Å². The summed E-state index contributed by atoms with van der Waals surface area (Å²) < 4.78 is 5.96. The van der Waals surface area contributed by atoms with Crippen LogP contribution in [0.3, 0.4) is 0 Å². The largest absolute Gasteiger partial charge is 0.487 e. The maximum atomic E-state index is 6.11. The standard InChI is InChI=1S/C13H17Cl2NO/c1-8-4-2-3-5-12(8)17-13-10(14)6-9(16)7-11(13)15/h6-8,12H,2-5,16H2,1H3. The Labute approximate surface area is 112 Å². The normalized spacial score (nSPS) is 24.6. The third kappa shape index (κ3) is 2.99. The van der Waals surface area contributed by atoms with Crippen LogP contribution in [0.1, 0.15) is 32.6 Å². The zero-order chi connectivity index (χ0) is 12.4. The van der Waals surface area contributed by atoms with Crippen molar-refractivity contribution in [3.05, 3.63) is 22.2 Å². The Morgan fingerprint density at radius 1 is 1.18 bits per heavy atom. The molecule has 0 bridgehead atoms. The molecule has 17 heavy (non-hydrogen) atoms. The molecule has 0 spiro atoms. The lowest BCUT2D eigenvalue weighted by atomic mass is 9.88. The highest BCUT2D eigenvalue weighted by atomic mass is 35.5. The second-order valence-corrected chi connectivity index (χ2v) is 5.55. The molecule has 0 aliphatic heterocycles. The maximum Gasteiger partial charge on any atom is 0.157 e. The van der Waals surface area contributed by atoms with Crippen molar-refractivity contribution in [2.75, 3.05) is 5.73 Å². The number of hydrogen-bond acceptors (Lipinski definition) is 2. The highest BCUT2D eigenvalue weighted by molar-refractivity contribution is 6.37. The van der Waals surface area contributed by atoms with E-state index < -0.39 is 0 Å². The Hall–Kier alpha value is -0.600. The van der Waals surface area contributed by atoms with Gasteiger partial charge in [-0.3, -0.25) is 0 Å². The molecule has 0 aromatic heterocycles. The molecule has 1 aromatic rings. The fourth-order valence-electron chi connectivity index (χ4n) is 2.30. The van der Waals surface area contributed by atoms with Gasteiger partial charge in [-0.05, 0) is 37.3 Å². The second kappa shape index (κ2) is 5.36. The van der Waals surface area contributed by atoms with Crippen LogP contribution in [0.4, 0.5) is 5.69 Å². The summed E-state index contributed by atoms with van der Waals surface area (Å²) in [5, 5.41) is 0.987. The quantitative estimate of drug-likeness (QED) is 0.804. The van der Waals surface area contributed by atoms with Crippen molar-refractivity contribution in [3.63, 3.8) is 0 Å². The van der Waals surface area contributed by atoms with Gasteiger partial charge >= 0.3 is 0 Å². The van der Waals surface area contributed by atoms with Crippen molar-refractivity contribution in [2.45, 2.75) is 38.7 Å². The van der Waals surface area contributed by atoms with Crippen LogP contribution in [0.25, 0.3) is 0 Å². The minimum absolute atomic E-state index is 0.211. The predicted molar refractivity (Wildman–Crippen MR) is 72.9 cm³/mol. The lowest BCUT2D eigenvalue weighted by molar-refractivity contribution is 0.103. The van der Waals surface area contributed by atoms with Crippen LogP contribution < -0.4 is 10.5 Å². The van der Waals surface area contributed by atoms with Crippen LogP contribution >= 0.6 is 23.2 Å². The molecule has 1 fully saturated rings. The third-order valence-corrected chi connectivity index (χ3v) is 3.88. The number of rotatable bonds is 2. The number of anilines is 1. The average Bonchev–Trinajstić information content (AvgIpc) is 2.25. The first-order valence-electron chi connectivity index (χ1n) is 5.99. The monoisotopic (exact) mass is 273 g/mol. The first-order valence-corrected chi connectivity index (χ1v) is 6.74. The summed E-state index contributed by atoms with van der Waals surface area (Å²) in [7, 11) is 0. The molecule has 1 saturated carbocycles. The molecule has 2 N–H and O–H groups in total. The van der Waals surface area contributed by atoms with Gasteiger partial charge in [-0.2, -0.15) is 0 Å². The van der Waals surface area contributed by atoms with E-state index >= 15 is 0 Å². The van der Waals surface area contributed by atoms with E-state index in [4.69, 9.17) is 33.7 Å². The number of nitrogen functional groups attached to an aromatic ring is 1. The summed E-state index contributed by atoms with van der Waals surface area (Å²) in [6.45, 7) is 2.21. The van der Waals surface area contributed by atoms with Gasteiger partial charge in [-0.15, -0.1) is 0 Å². The molecule has 1 aliphatic carbocycles. The summed E-state index contributed by atoms with van der Waals surface area (Å²) in [6.07, 6.45) is 4.97. The average molecular weight is 274 g/mol. The molecular weight excluding hydrogens is 257 g/mol. The minimum atomic E-state index is 0.211. The van der Waals surface area contributed by atoms with Crippen LogP contribution in [0, 0.1) is 5.92 Å². The van der Waals surface area contributed by atoms with E-state index in [2.05, 4.69) is 6.92 Å². The van der Waals surface area contributed by atoms with E-state index in [-0.39, 0.29) is 6.10 Å². The van der Waals surface area contributed by atoms with E-state index in [1.165, 1.54) is 19.3 Å². The van der Waals surface area contributed by atoms with Gasteiger partial charge in [0.1, 0.15) is 6.10 Å². The Bertz CT molecular complexity index is 385. The maximum absolute atomic E-state index is 6.11. The smallest absolute Gasteiger partial charge is 0.157 e. The van der Waals surface area contributed by atoms with E-state index in [1.807, 2.05) is 0 Å². The van der Waals surface area contributed by atoms with Gasteiger partial charge in [0.15, 0.2) is 5.75 Å². The van der Waals surface area contributed by atoms with Gasteiger partial charge in [0.05, 0.1) is 10.0 Å². The number of halogens is 2. The van der Waals surface area contributed by atoms with E-state index in [9.17, 15) is 0 Å². The fourth-order valence-corrected chi connectivity index (χ4v) is 2.89. The highest BCUT2D eigenvalue weighted by Crippen LogP contribution is 2.38. The van der Waals surface area contributed by atoms with Crippen molar-refractivity contribution >= 4 is 28.9 Å². The molecule has 0 radical (unpaired) electrons. The van der Waals surface area contributed by atoms with Crippen LogP contribution in [0.5, 0.6) is 5.75 Å². The molecule has 0 amide bonds. The predicted octanol–water partition coefficient (Wildman–Crippen LogP) is 4.53. The molecule has 2 atom stereocenters. The van der Waals surface area contributed by atoms with Gasteiger partial charge < -0.3 is 10.5 Å². The third-order valence-electron chi connectivity index (χ3n) is 3.32. The summed E-state index contributed by atoms with van der Waals surface area (Å²) in [6, 6.07) is 3.35. The Kier molecular flexibility index (Phi) is 4.05. The molecule has 2 unspecified atom stereocenters. The number of hydrogen-bond donors (Lipinski definition) is 1. The summed E-state index contributed by atoms with van der Waals surface area (Å²) in [5.41, 5.74) is 6.22. The molecule has 0 heterocycles. The van der Waals surface area contributed by atoms with Crippen molar-refractivity contribution in [3.8, 4) is 5.75 Å². The SMILES string of the molecule is CC1CCCCC1Oc1c(Cl)cc(N)cc1Cl. The van der Waals surface area contributed by atoms with Crippen molar-refractivity contribution in [1.29, 1.82) is 0 Å². The van der Waals surface area contributed by atoms with Gasteiger partial charge in [0, 0.05) is 5.69 Å². The minimum Gasteiger partial charge on any atom is -0.487 e. The van der Waals surface area contributed by atoms with Crippen molar-refractivity contribution < 1.29 is 4.74 Å². The van der Waals surface area contributed by atoms with E-state index in [0.29, 0.717) is 27.4 Å². The van der Waals surface area contributed by atoms with Gasteiger partial charge in [-0.25, -0.2) is 0 Å². The molecule has 1 aromatic carbocycles. The Balaban J connectivity index is 2.17. The summed E-state index contributed by atoms with van der Waals surface area (Å²) in [4.78, 5) is 0. The lowest BCUT2D eigenvalue weighted by Gasteiger charge is -2.30. The molecule has 4 heteroatoms. The van der Waals surface area contributed by atoms with Crippen LogP contribution in [0.2, 0.25) is 10.0 Å². The lowest BCUT2D eigenvalue weighted by Crippen LogP contribution is -2.28. The number of benzene rings is 1. The zero-order valence-corrected chi connectivity index (χ0v) is 11.4. The van der Waals surface area contributed by atoms with Crippen molar-refractivity contribution in [1.82, 2.24) is 0 Å². The number of ether oxygens (including phenoxy) is 1. The van der Waals surface area contributed by atoms with Gasteiger partial charge in [0.25, 0.3) is 0 Å². The summed E-state index contributed by atoms with van der Waals surface area (Å²) >= 11 is 12.2. The van der Waals surface area contributed by atoms with E-state index in [1.54, 1.807) is 12.1 Å². The summed E-state index contributed by atoms with van der Waals surface area (Å²) in [5.74, 6) is 1.12. The van der Waals surface area contributed by atoms with Crippen LogP contribution in [0.15, 0.2) is 12.1 Å². The Morgan fingerprint density at radius 2 is 1.76 bits per heavy atom. The molecule has 2 nitrogen and oxygen atoms in total. The second-order valence-electron chi connectivity index (χ2n) is 4.73. The number of nitrogens with two attached hydrogens (primary N) is 1. The van der Waals surface area contributed by atoms with Gasteiger partial charge in [0.2, 0.25) is 0 Å². The molecule has 0 saturated heterocycles. The molecule has 2 rings (SSSR count). The Morgan fingerprint density at radius 3 is 2.35 bits per heavy atom. The topological polar surface area (TPSA) is 35.2 Å². The first-order chi connectivity index (χ1) is 8.08. The fraction of sp³-hybridized carbons (Fsp3) is 0.538. The molecule has 1 aliphatic rings. The van der Waals surface area contributed by atoms with Crippen molar-refractivity contribution in [2.24, 2.45) is 5.92 Å². The van der Waals surface area contributed by atoms with Gasteiger partial charge in [-0.1, -0.05) is 36.5 Å². The zero-order valence-electron chi connectivity index (χ0n) is 9.88. The first kappa shape index (κ1) is 12.8. The molecular formula is C13H17Cl2NO. The van der Waals surface area contributed by atoms with Crippen LogP contribution in [-0.2, 0) is 0 Å². The highest BCUT2D eigenvalue weighted by Gasteiger charge is 2.24.